The highest BCUT2D eigenvalue weighted by Gasteiger charge is 2.24. The minimum Gasteiger partial charge on any atom is -0.398 e. The van der Waals surface area contributed by atoms with E-state index in [1.165, 1.54) is 6.21 Å². The molecule has 0 aliphatic heterocycles. The Balaban J connectivity index is 2.34. The average Bonchev–Trinajstić information content (AvgIpc) is 3.27. The molecule has 0 saturated heterocycles. The number of allylic oxidation sites excluding steroid dienone is 4. The Kier molecular flexibility index (Phi) is 9.55. The first-order valence-electron chi connectivity index (χ1n) is 12.9. The van der Waals surface area contributed by atoms with E-state index >= 15 is 0 Å². The molecule has 204 valence electrons. The number of nitrogen functional groups attached to an aromatic ring is 1. The van der Waals surface area contributed by atoms with Gasteiger partial charge >= 0.3 is 0 Å². The van der Waals surface area contributed by atoms with Gasteiger partial charge in [-0.25, -0.2) is 0 Å². The van der Waals surface area contributed by atoms with Gasteiger partial charge in [0, 0.05) is 52.0 Å². The number of amides is 1. The van der Waals surface area contributed by atoms with Crippen molar-refractivity contribution in [3.8, 4) is 0 Å². The molecule has 3 rings (SSSR count). The number of rotatable bonds is 10. The number of anilines is 2. The fraction of sp³-hybridized carbons (Fsp3) is 0.226. The Morgan fingerprint density at radius 3 is 2.62 bits per heavy atom. The summed E-state index contributed by atoms with van der Waals surface area (Å²) in [5, 5.41) is 14.8. The number of nitrogens with two attached hydrogens (primary N) is 2. The lowest BCUT2D eigenvalue weighted by atomic mass is 10.0. The van der Waals surface area contributed by atoms with Gasteiger partial charge < -0.3 is 32.1 Å². The molecule has 1 aromatic heterocycles. The van der Waals surface area contributed by atoms with Gasteiger partial charge in [0.25, 0.3) is 5.91 Å². The Hall–Kier alpha value is -4.09. The van der Waals surface area contributed by atoms with Crippen LogP contribution >= 0.6 is 9.24 Å². The van der Waals surface area contributed by atoms with Crippen LogP contribution in [0.2, 0.25) is 0 Å². The lowest BCUT2D eigenvalue weighted by molar-refractivity contribution is -0.113. The summed E-state index contributed by atoms with van der Waals surface area (Å²) in [7, 11) is 4.60. The molecule has 0 aliphatic carbocycles. The van der Waals surface area contributed by atoms with Gasteiger partial charge in [0.1, 0.15) is 5.70 Å². The van der Waals surface area contributed by atoms with Gasteiger partial charge in [-0.2, -0.15) is 0 Å². The molecule has 2 unspecified atom stereocenters. The Morgan fingerprint density at radius 2 is 2.03 bits per heavy atom. The number of H-pyrrole nitrogens is 1. The van der Waals surface area contributed by atoms with Crippen molar-refractivity contribution < 1.29 is 4.79 Å². The Bertz CT molecular complexity index is 1610. The van der Waals surface area contributed by atoms with Gasteiger partial charge in [0.15, 0.2) is 0 Å². The molecule has 0 fully saturated rings. The van der Waals surface area contributed by atoms with Crippen LogP contribution in [0.1, 0.15) is 51.3 Å². The summed E-state index contributed by atoms with van der Waals surface area (Å²) < 4.78 is 0. The first-order valence-corrected chi connectivity index (χ1v) is 13.5. The van der Waals surface area contributed by atoms with Crippen LogP contribution in [0.25, 0.3) is 22.2 Å². The molecule has 1 heterocycles. The number of aromatic amines is 1. The molecule has 39 heavy (non-hydrogen) atoms. The number of primary amides is 1. The van der Waals surface area contributed by atoms with Gasteiger partial charge in [-0.3, -0.25) is 4.79 Å². The topological polar surface area (TPSA) is 124 Å². The third-order valence-electron chi connectivity index (χ3n) is 6.99. The first-order chi connectivity index (χ1) is 18.6. The van der Waals surface area contributed by atoms with Gasteiger partial charge in [0.05, 0.1) is 11.4 Å². The first kappa shape index (κ1) is 29.5. The van der Waals surface area contributed by atoms with Gasteiger partial charge in [-0.05, 0) is 68.4 Å². The molecule has 2 atom stereocenters. The largest absolute Gasteiger partial charge is 0.398 e. The zero-order chi connectivity index (χ0) is 28.9. The van der Waals surface area contributed by atoms with E-state index < -0.39 is 5.91 Å². The second-order valence-electron chi connectivity index (χ2n) is 9.47. The number of nitrogens with zero attached hydrogens (tertiary/aromatic N) is 1. The zero-order valence-corrected chi connectivity index (χ0v) is 24.5. The van der Waals surface area contributed by atoms with E-state index in [9.17, 15) is 4.79 Å². The summed E-state index contributed by atoms with van der Waals surface area (Å²) >= 11 is 0. The highest BCUT2D eigenvalue weighted by molar-refractivity contribution is 7.27. The fourth-order valence-corrected chi connectivity index (χ4v) is 5.05. The van der Waals surface area contributed by atoms with Crippen LogP contribution in [-0.2, 0) is 4.79 Å². The third-order valence-corrected chi connectivity index (χ3v) is 7.35. The lowest BCUT2D eigenvalue weighted by Gasteiger charge is -2.30. The molecule has 8 heteroatoms. The highest BCUT2D eigenvalue weighted by atomic mass is 31.0. The number of nitrogens with one attached hydrogen (secondary N) is 3. The zero-order valence-electron chi connectivity index (χ0n) is 23.4. The summed E-state index contributed by atoms with van der Waals surface area (Å²) in [6, 6.07) is 9.54. The van der Waals surface area contributed by atoms with Crippen molar-refractivity contribution in [1.29, 1.82) is 5.41 Å². The van der Waals surface area contributed by atoms with Crippen LogP contribution in [-0.4, -0.2) is 29.1 Å². The third kappa shape index (κ3) is 5.99. The highest BCUT2D eigenvalue weighted by Crippen LogP contribution is 2.30. The quantitative estimate of drug-likeness (QED) is 0.114. The minimum absolute atomic E-state index is 0.232. The summed E-state index contributed by atoms with van der Waals surface area (Å²) in [6.07, 6.45) is 9.59. The number of carbonyl (C=O) groups excluding carboxylic acids is 1. The molecule has 0 saturated carbocycles. The SMILES string of the molecule is C=C/C=C(\C=C/C)Nc1cc(P)ccc1C(C)N(C)/C(C(N)=O)=c1/[nH]c2ccc(N)c(C=N)c2/c1=C(/C)CC. The summed E-state index contributed by atoms with van der Waals surface area (Å²) in [5.41, 5.74) is 18.4. The maximum Gasteiger partial charge on any atom is 0.267 e. The van der Waals surface area contributed by atoms with Crippen molar-refractivity contribution in [2.24, 2.45) is 5.73 Å². The van der Waals surface area contributed by atoms with Crippen LogP contribution in [0.3, 0.4) is 0 Å². The smallest absolute Gasteiger partial charge is 0.267 e. The predicted octanol–water partition coefficient (Wildman–Crippen LogP) is 4.17. The second-order valence-corrected chi connectivity index (χ2v) is 10.1. The number of carbonyl (C=O) groups is 1. The standard InChI is InChI=1S/C31H39N6OP/c1-7-10-20(11-8-2)35-26-16-21(39)12-13-22(26)19(5)37(6)30(31(34)38)29-27(18(4)9-3)28-23(17-32)24(33)14-15-25(28)36-29/h7-8,10-17,19,32,35-36H,1,9,33,39H2,2-6H3,(H2,34,38)/b11-8-,20-10+,27-18+,30-29+,32-17?. The molecule has 0 radical (unpaired) electrons. The van der Waals surface area contributed by atoms with E-state index in [-0.39, 0.29) is 6.04 Å². The molecule has 0 spiro atoms. The van der Waals surface area contributed by atoms with E-state index in [4.69, 9.17) is 16.9 Å². The van der Waals surface area contributed by atoms with Crippen LogP contribution < -0.4 is 32.7 Å². The molecule has 0 aliphatic rings. The monoisotopic (exact) mass is 542 g/mol. The normalized spacial score (nSPS) is 14.3. The van der Waals surface area contributed by atoms with Crippen molar-refractivity contribution >= 4 is 60.2 Å². The van der Waals surface area contributed by atoms with Crippen molar-refractivity contribution in [2.45, 2.75) is 40.2 Å². The number of benzene rings is 2. The number of hydrogen-bond donors (Lipinski definition) is 5. The second kappa shape index (κ2) is 12.6. The van der Waals surface area contributed by atoms with Crippen LogP contribution in [0.15, 0.2) is 66.9 Å². The predicted molar refractivity (Wildman–Crippen MR) is 171 cm³/mol. The number of hydrogen-bond acceptors (Lipinski definition) is 5. The van der Waals surface area contributed by atoms with Gasteiger partial charge in [0.2, 0.25) is 0 Å². The molecule has 3 aromatic rings. The van der Waals surface area contributed by atoms with Crippen molar-refractivity contribution in [1.82, 2.24) is 9.88 Å². The van der Waals surface area contributed by atoms with E-state index in [1.54, 1.807) is 12.1 Å². The fourth-order valence-electron chi connectivity index (χ4n) is 4.79. The Morgan fingerprint density at radius 1 is 1.31 bits per heavy atom. The van der Waals surface area contributed by atoms with E-state index in [0.717, 1.165) is 50.4 Å². The van der Waals surface area contributed by atoms with Crippen LogP contribution in [0.5, 0.6) is 0 Å². The van der Waals surface area contributed by atoms with E-state index in [0.29, 0.717) is 22.3 Å². The van der Waals surface area contributed by atoms with Crippen molar-refractivity contribution in [2.75, 3.05) is 18.1 Å². The van der Waals surface area contributed by atoms with Gasteiger partial charge in [-0.15, -0.1) is 9.24 Å². The molecule has 0 bridgehead atoms. The molecule has 1 amide bonds. The maximum absolute atomic E-state index is 13.1. The number of fused-ring (bicyclic) bond motifs is 1. The number of likely N-dealkylation sites (N-methyl/N-ethyl adjacent to an activating group) is 1. The van der Waals surface area contributed by atoms with E-state index in [2.05, 4.69) is 45.2 Å². The average molecular weight is 543 g/mol. The lowest BCUT2D eigenvalue weighted by Crippen LogP contribution is -2.40. The van der Waals surface area contributed by atoms with Crippen molar-refractivity contribution in [3.05, 3.63) is 88.6 Å². The Labute approximate surface area is 232 Å². The van der Waals surface area contributed by atoms with E-state index in [1.807, 2.05) is 63.1 Å². The molecule has 7 nitrogen and oxygen atoms in total. The molecular weight excluding hydrogens is 503 g/mol. The summed E-state index contributed by atoms with van der Waals surface area (Å²) in [5.74, 6) is -0.552. The van der Waals surface area contributed by atoms with Crippen LogP contribution in [0, 0.1) is 5.41 Å². The molecule has 7 N–H and O–H groups in total. The van der Waals surface area contributed by atoms with Crippen LogP contribution in [0.4, 0.5) is 11.4 Å². The summed E-state index contributed by atoms with van der Waals surface area (Å²) in [4.78, 5) is 18.5. The summed E-state index contributed by atoms with van der Waals surface area (Å²) in [6.45, 7) is 11.9. The molecule has 2 aromatic carbocycles. The van der Waals surface area contributed by atoms with Gasteiger partial charge in [-0.1, -0.05) is 43.4 Å². The van der Waals surface area contributed by atoms with Crippen molar-refractivity contribution in [3.63, 3.8) is 0 Å². The maximum atomic E-state index is 13.1. The number of aromatic nitrogens is 1. The molecular formula is C31H39N6OP. The minimum atomic E-state index is -0.552.